The number of para-hydroxylation sites is 1. The molecule has 1 atom stereocenters. The van der Waals surface area contributed by atoms with Crippen LogP contribution in [0.4, 0.5) is 16.4 Å². The van der Waals surface area contributed by atoms with E-state index < -0.39 is 4.92 Å². The normalized spacial score (nSPS) is 15.3. The van der Waals surface area contributed by atoms with Gasteiger partial charge in [0.05, 0.1) is 22.3 Å². The molecule has 39 heavy (non-hydrogen) atoms. The minimum atomic E-state index is -0.432. The Balaban J connectivity index is 1.48. The molecule has 0 radical (unpaired) electrons. The lowest BCUT2D eigenvalue weighted by Gasteiger charge is -2.33. The van der Waals surface area contributed by atoms with Gasteiger partial charge >= 0.3 is 0 Å². The van der Waals surface area contributed by atoms with Crippen molar-refractivity contribution >= 4 is 51.4 Å². The van der Waals surface area contributed by atoms with Crippen molar-refractivity contribution in [2.45, 2.75) is 40.0 Å². The number of thiophene rings is 1. The second-order valence-electron chi connectivity index (χ2n) is 10.7. The number of nitro benzene ring substituents is 1. The van der Waals surface area contributed by atoms with Crippen molar-refractivity contribution in [2.24, 2.45) is 16.3 Å². The number of carbonyl (C=O) groups excluding carboxylic acids is 1. The van der Waals surface area contributed by atoms with Crippen molar-refractivity contribution in [1.29, 1.82) is 0 Å². The van der Waals surface area contributed by atoms with Crippen LogP contribution in [0.1, 0.15) is 53.8 Å². The number of hydrogen-bond acceptors (Lipinski definition) is 6. The first-order valence-electron chi connectivity index (χ1n) is 12.7. The molecule has 9 heteroatoms. The topological polar surface area (TPSA) is 97.7 Å². The maximum Gasteiger partial charge on any atom is 0.280 e. The van der Waals surface area contributed by atoms with Crippen LogP contribution >= 0.6 is 22.9 Å². The van der Waals surface area contributed by atoms with Gasteiger partial charge in [-0.05, 0) is 78.6 Å². The summed E-state index contributed by atoms with van der Waals surface area (Å²) < 4.78 is 5.89. The van der Waals surface area contributed by atoms with E-state index in [1.807, 2.05) is 0 Å². The van der Waals surface area contributed by atoms with Crippen molar-refractivity contribution in [3.05, 3.63) is 97.6 Å². The van der Waals surface area contributed by atoms with E-state index in [0.29, 0.717) is 44.3 Å². The van der Waals surface area contributed by atoms with Crippen LogP contribution < -0.4 is 5.32 Å². The highest BCUT2D eigenvalue weighted by Crippen LogP contribution is 2.45. The second kappa shape index (κ2) is 10.8. The Hall–Kier alpha value is -3.75. The molecule has 0 saturated heterocycles. The third kappa shape index (κ3) is 5.82. The molecular formula is C30H28ClN3O4S. The van der Waals surface area contributed by atoms with Crippen molar-refractivity contribution in [2.75, 3.05) is 5.32 Å². The summed E-state index contributed by atoms with van der Waals surface area (Å²) in [5.41, 5.74) is 2.82. The molecule has 0 spiro atoms. The zero-order valence-electron chi connectivity index (χ0n) is 21.9. The van der Waals surface area contributed by atoms with Crippen molar-refractivity contribution < 1.29 is 14.1 Å². The van der Waals surface area contributed by atoms with E-state index >= 15 is 0 Å². The van der Waals surface area contributed by atoms with Crippen LogP contribution in [-0.2, 0) is 12.8 Å². The molecule has 2 aromatic heterocycles. The molecular weight excluding hydrogens is 534 g/mol. The highest BCUT2D eigenvalue weighted by Gasteiger charge is 2.33. The van der Waals surface area contributed by atoms with Crippen LogP contribution in [-0.4, -0.2) is 17.0 Å². The number of amides is 1. The van der Waals surface area contributed by atoms with Gasteiger partial charge < -0.3 is 9.73 Å². The smallest absolute Gasteiger partial charge is 0.280 e. The lowest BCUT2D eigenvalue weighted by Crippen LogP contribution is -2.27. The van der Waals surface area contributed by atoms with Crippen LogP contribution in [0.15, 0.2) is 70.1 Å². The van der Waals surface area contributed by atoms with Gasteiger partial charge in [0.25, 0.3) is 11.6 Å². The van der Waals surface area contributed by atoms with E-state index in [0.717, 1.165) is 24.8 Å². The molecule has 7 nitrogen and oxygen atoms in total. The zero-order valence-corrected chi connectivity index (χ0v) is 23.4. The molecule has 1 aliphatic carbocycles. The molecule has 5 rings (SSSR count). The van der Waals surface area contributed by atoms with E-state index in [4.69, 9.17) is 21.0 Å². The summed E-state index contributed by atoms with van der Waals surface area (Å²) in [5, 5.41) is 15.6. The molecule has 0 bridgehead atoms. The average Bonchev–Trinajstić information content (AvgIpc) is 3.52. The lowest BCUT2D eigenvalue weighted by molar-refractivity contribution is -0.384. The molecule has 0 saturated carbocycles. The SMILES string of the molecule is CC(C)(C)[C@H]1CCc2c(sc(N=Cc3ccc(-c4ccccc4[N+](=O)[O-])o3)c2C(=O)Nc2ccc(Cl)cc2)C1. The number of aliphatic imine (C=N–C) groups is 1. The summed E-state index contributed by atoms with van der Waals surface area (Å²) in [6.07, 6.45) is 4.29. The van der Waals surface area contributed by atoms with Gasteiger partial charge in [-0.2, -0.15) is 0 Å². The molecule has 2 heterocycles. The van der Waals surface area contributed by atoms with Crippen molar-refractivity contribution in [3.63, 3.8) is 0 Å². The number of nitrogens with zero attached hydrogens (tertiary/aromatic N) is 2. The fourth-order valence-corrected chi connectivity index (χ4v) is 6.29. The molecule has 0 aliphatic heterocycles. The summed E-state index contributed by atoms with van der Waals surface area (Å²) in [6.45, 7) is 6.78. The van der Waals surface area contributed by atoms with E-state index in [2.05, 4.69) is 26.1 Å². The van der Waals surface area contributed by atoms with Crippen LogP contribution in [0.3, 0.4) is 0 Å². The maximum atomic E-state index is 13.5. The van der Waals surface area contributed by atoms with Crippen molar-refractivity contribution in [3.8, 4) is 11.3 Å². The summed E-state index contributed by atoms with van der Waals surface area (Å²) in [7, 11) is 0. The number of carbonyl (C=O) groups is 1. The first-order valence-corrected chi connectivity index (χ1v) is 13.9. The minimum Gasteiger partial charge on any atom is -0.455 e. The van der Waals surface area contributed by atoms with Gasteiger partial charge in [0, 0.05) is 21.7 Å². The van der Waals surface area contributed by atoms with E-state index in [1.165, 1.54) is 10.9 Å². The molecule has 1 aliphatic rings. The molecule has 2 aromatic carbocycles. The second-order valence-corrected chi connectivity index (χ2v) is 12.2. The Bertz CT molecular complexity index is 1560. The maximum absolute atomic E-state index is 13.5. The number of benzene rings is 2. The Morgan fingerprint density at radius 3 is 2.62 bits per heavy atom. The van der Waals surface area contributed by atoms with Crippen LogP contribution in [0.2, 0.25) is 5.02 Å². The summed E-state index contributed by atoms with van der Waals surface area (Å²) in [5.74, 6) is 1.12. The Labute approximate surface area is 235 Å². The monoisotopic (exact) mass is 561 g/mol. The molecule has 1 amide bonds. The molecule has 0 unspecified atom stereocenters. The first-order chi connectivity index (χ1) is 18.6. The fourth-order valence-electron chi connectivity index (χ4n) is 4.89. The predicted molar refractivity (Wildman–Crippen MR) is 157 cm³/mol. The van der Waals surface area contributed by atoms with E-state index in [9.17, 15) is 14.9 Å². The van der Waals surface area contributed by atoms with Gasteiger partial charge in [-0.25, -0.2) is 4.99 Å². The lowest BCUT2D eigenvalue weighted by atomic mass is 9.72. The standard InChI is InChI=1S/C30H28ClN3O4S/c1-30(2,3)18-8-14-23-26(16-18)39-29(27(23)28(35)33-20-11-9-19(31)10-12-20)32-17-21-13-15-25(38-21)22-6-4-5-7-24(22)34(36)37/h4-7,9-13,15,17-18H,8,14,16H2,1-3H3,(H,33,35)/t18-/m0/s1. The summed E-state index contributed by atoms with van der Waals surface area (Å²) in [4.78, 5) is 30.4. The summed E-state index contributed by atoms with van der Waals surface area (Å²) in [6, 6.07) is 16.8. The number of rotatable bonds is 6. The largest absolute Gasteiger partial charge is 0.455 e. The highest BCUT2D eigenvalue weighted by molar-refractivity contribution is 7.16. The first kappa shape index (κ1) is 26.8. The molecule has 200 valence electrons. The van der Waals surface area contributed by atoms with Gasteiger partial charge in [-0.15, -0.1) is 11.3 Å². The van der Waals surface area contributed by atoms with Gasteiger partial charge in [0.1, 0.15) is 16.5 Å². The number of fused-ring (bicyclic) bond motifs is 1. The van der Waals surface area contributed by atoms with Crippen molar-refractivity contribution in [1.82, 2.24) is 0 Å². The number of halogens is 1. The highest BCUT2D eigenvalue weighted by atomic mass is 35.5. The quantitative estimate of drug-likeness (QED) is 0.144. The van der Waals surface area contributed by atoms with Crippen LogP contribution in [0.25, 0.3) is 11.3 Å². The molecule has 1 N–H and O–H groups in total. The predicted octanol–water partition coefficient (Wildman–Crippen LogP) is 8.72. The zero-order chi connectivity index (χ0) is 27.7. The number of anilines is 1. The van der Waals surface area contributed by atoms with E-state index in [1.54, 1.807) is 72.1 Å². The fraction of sp³-hybridized carbons (Fsp3) is 0.267. The third-order valence-corrected chi connectivity index (χ3v) is 8.52. The molecule has 4 aromatic rings. The average molecular weight is 562 g/mol. The number of furan rings is 1. The van der Waals surface area contributed by atoms with Gasteiger partial charge in [0.2, 0.25) is 0 Å². The van der Waals surface area contributed by atoms with Crippen LogP contribution in [0, 0.1) is 21.4 Å². The van der Waals surface area contributed by atoms with E-state index in [-0.39, 0.29) is 17.0 Å². The van der Waals surface area contributed by atoms with Gasteiger partial charge in [0.15, 0.2) is 0 Å². The number of hydrogen-bond donors (Lipinski definition) is 1. The molecule has 0 fully saturated rings. The summed E-state index contributed by atoms with van der Waals surface area (Å²) >= 11 is 7.55. The Morgan fingerprint density at radius 2 is 1.90 bits per heavy atom. The van der Waals surface area contributed by atoms with Crippen LogP contribution in [0.5, 0.6) is 0 Å². The van der Waals surface area contributed by atoms with Gasteiger partial charge in [-0.3, -0.25) is 14.9 Å². The number of nitro groups is 1. The van der Waals surface area contributed by atoms with Gasteiger partial charge in [-0.1, -0.05) is 44.5 Å². The Kier molecular flexibility index (Phi) is 7.42. The minimum absolute atomic E-state index is 0.0316. The number of nitrogens with one attached hydrogen (secondary N) is 1. The Morgan fingerprint density at radius 1 is 1.15 bits per heavy atom. The third-order valence-electron chi connectivity index (χ3n) is 7.10.